The van der Waals surface area contributed by atoms with Crippen LogP contribution >= 0.6 is 0 Å². The first-order chi connectivity index (χ1) is 12.0. The van der Waals surface area contributed by atoms with Gasteiger partial charge in [-0.3, -0.25) is 4.79 Å². The average molecular weight is 344 g/mol. The van der Waals surface area contributed by atoms with Gasteiger partial charge in [0.05, 0.1) is 17.9 Å². The maximum absolute atomic E-state index is 12.8. The zero-order valence-corrected chi connectivity index (χ0v) is 15.0. The Morgan fingerprint density at radius 2 is 1.80 bits per heavy atom. The van der Waals surface area contributed by atoms with Crippen molar-refractivity contribution in [2.24, 2.45) is 0 Å². The number of hydrogen-bond acceptors (Lipinski definition) is 4. The number of piperazine rings is 1. The lowest BCUT2D eigenvalue weighted by Gasteiger charge is -2.34. The number of fused-ring (bicyclic) bond motifs is 1. The van der Waals surface area contributed by atoms with Crippen LogP contribution in [-0.2, 0) is 11.2 Å². The fraction of sp³-hybridized carbons (Fsp3) is 0.500. The van der Waals surface area contributed by atoms with Crippen LogP contribution in [0.1, 0.15) is 35.6 Å². The highest BCUT2D eigenvalue weighted by molar-refractivity contribution is 5.94. The lowest BCUT2D eigenvalue weighted by atomic mass is 10.2. The molecular weight excluding hydrogens is 320 g/mol. The number of carbonyl (C=O) groups excluding carboxylic acids is 2. The minimum absolute atomic E-state index is 0.0171. The minimum Gasteiger partial charge on any atom is -0.450 e. The van der Waals surface area contributed by atoms with Gasteiger partial charge in [-0.25, -0.2) is 9.78 Å². The molecule has 2 amide bonds. The molecule has 0 aromatic carbocycles. The van der Waals surface area contributed by atoms with E-state index in [4.69, 9.17) is 4.74 Å². The Hall–Kier alpha value is -2.57. The predicted octanol–water partition coefficient (Wildman–Crippen LogP) is 2.12. The smallest absolute Gasteiger partial charge is 0.409 e. The fourth-order valence-corrected chi connectivity index (χ4v) is 3.16. The molecule has 2 aromatic rings. The Bertz CT molecular complexity index is 791. The quantitative estimate of drug-likeness (QED) is 0.855. The van der Waals surface area contributed by atoms with E-state index in [1.807, 2.05) is 29.7 Å². The number of carbonyl (C=O) groups is 2. The second-order valence-corrected chi connectivity index (χ2v) is 6.12. The number of pyridine rings is 1. The van der Waals surface area contributed by atoms with Crippen molar-refractivity contribution < 1.29 is 14.3 Å². The van der Waals surface area contributed by atoms with E-state index < -0.39 is 0 Å². The molecule has 7 heteroatoms. The zero-order chi connectivity index (χ0) is 18.0. The molecule has 0 N–H and O–H groups in total. The van der Waals surface area contributed by atoms with Crippen molar-refractivity contribution in [1.29, 1.82) is 0 Å². The largest absolute Gasteiger partial charge is 0.450 e. The van der Waals surface area contributed by atoms with E-state index in [0.29, 0.717) is 38.3 Å². The van der Waals surface area contributed by atoms with Gasteiger partial charge in [0.25, 0.3) is 5.91 Å². The van der Waals surface area contributed by atoms with Gasteiger partial charge in [0.2, 0.25) is 0 Å². The average Bonchev–Trinajstić information content (AvgIpc) is 2.97. The lowest BCUT2D eigenvalue weighted by Crippen LogP contribution is -2.50. The number of aryl methyl sites for hydroxylation is 2. The number of hydrogen-bond donors (Lipinski definition) is 0. The molecule has 7 nitrogen and oxygen atoms in total. The van der Waals surface area contributed by atoms with Crippen LogP contribution in [0.2, 0.25) is 0 Å². The first-order valence-corrected chi connectivity index (χ1v) is 8.73. The van der Waals surface area contributed by atoms with E-state index in [2.05, 4.69) is 11.9 Å². The minimum atomic E-state index is -0.308. The third-order valence-corrected chi connectivity index (χ3v) is 4.63. The fourth-order valence-electron chi connectivity index (χ4n) is 3.16. The Labute approximate surface area is 147 Å². The molecule has 134 valence electrons. The van der Waals surface area contributed by atoms with Crippen molar-refractivity contribution in [2.75, 3.05) is 32.8 Å². The van der Waals surface area contributed by atoms with Gasteiger partial charge < -0.3 is 18.9 Å². The molecule has 0 radical (unpaired) electrons. The molecule has 0 unspecified atom stereocenters. The van der Waals surface area contributed by atoms with Crippen molar-refractivity contribution >= 4 is 17.6 Å². The van der Waals surface area contributed by atoms with Gasteiger partial charge in [0.15, 0.2) is 0 Å². The first-order valence-electron chi connectivity index (χ1n) is 8.73. The molecule has 3 rings (SSSR count). The van der Waals surface area contributed by atoms with Gasteiger partial charge in [-0.1, -0.05) is 6.92 Å². The van der Waals surface area contributed by atoms with Gasteiger partial charge in [-0.2, -0.15) is 0 Å². The molecule has 3 heterocycles. The third-order valence-electron chi connectivity index (χ3n) is 4.63. The highest BCUT2D eigenvalue weighted by atomic mass is 16.6. The number of amides is 2. The summed E-state index contributed by atoms with van der Waals surface area (Å²) in [5.41, 5.74) is 3.62. The van der Waals surface area contributed by atoms with E-state index in [1.54, 1.807) is 16.7 Å². The maximum atomic E-state index is 12.8. The summed E-state index contributed by atoms with van der Waals surface area (Å²) in [6, 6.07) is 3.70. The summed E-state index contributed by atoms with van der Waals surface area (Å²) in [6.45, 7) is 8.26. The van der Waals surface area contributed by atoms with Crippen molar-refractivity contribution in [3.63, 3.8) is 0 Å². The number of ether oxygens (including phenoxy) is 1. The van der Waals surface area contributed by atoms with Gasteiger partial charge in [0.1, 0.15) is 5.65 Å². The Balaban J connectivity index is 1.72. The van der Waals surface area contributed by atoms with Gasteiger partial charge in [0, 0.05) is 38.1 Å². The highest BCUT2D eigenvalue weighted by Crippen LogP contribution is 2.16. The summed E-state index contributed by atoms with van der Waals surface area (Å²) in [6.07, 6.45) is 2.42. The summed E-state index contributed by atoms with van der Waals surface area (Å²) in [4.78, 5) is 32.5. The lowest BCUT2D eigenvalue weighted by molar-refractivity contribution is 0.0570. The summed E-state index contributed by atoms with van der Waals surface area (Å²) >= 11 is 0. The Morgan fingerprint density at radius 1 is 1.12 bits per heavy atom. The molecule has 0 bridgehead atoms. The van der Waals surface area contributed by atoms with Crippen LogP contribution in [-0.4, -0.2) is 64.0 Å². The molecule has 1 fully saturated rings. The molecule has 0 atom stereocenters. The summed E-state index contributed by atoms with van der Waals surface area (Å²) in [5.74, 6) is -0.0171. The van der Waals surface area contributed by atoms with Crippen molar-refractivity contribution in [3.8, 4) is 0 Å². The maximum Gasteiger partial charge on any atom is 0.409 e. The third kappa shape index (κ3) is 3.31. The second kappa shape index (κ2) is 7.13. The van der Waals surface area contributed by atoms with E-state index in [1.165, 1.54) is 0 Å². The topological polar surface area (TPSA) is 67.2 Å². The van der Waals surface area contributed by atoms with Crippen LogP contribution in [0.5, 0.6) is 0 Å². The number of nitrogens with zero attached hydrogens (tertiary/aromatic N) is 4. The van der Waals surface area contributed by atoms with Gasteiger partial charge >= 0.3 is 6.09 Å². The SMILES string of the molecule is CCOC(=O)N1CCN(C(=O)c2ccc3nc(CC)c(C)n3c2)CC1. The van der Waals surface area contributed by atoms with E-state index in [9.17, 15) is 9.59 Å². The predicted molar refractivity (Wildman–Crippen MR) is 93.8 cm³/mol. The van der Waals surface area contributed by atoms with Crippen LogP contribution in [0.25, 0.3) is 5.65 Å². The van der Waals surface area contributed by atoms with Crippen LogP contribution in [0, 0.1) is 6.92 Å². The van der Waals surface area contributed by atoms with Crippen LogP contribution in [0.3, 0.4) is 0 Å². The van der Waals surface area contributed by atoms with Crippen molar-refractivity contribution in [3.05, 3.63) is 35.3 Å². The number of aromatic nitrogens is 2. The van der Waals surface area contributed by atoms with Crippen molar-refractivity contribution in [1.82, 2.24) is 19.2 Å². The molecule has 0 saturated carbocycles. The molecule has 25 heavy (non-hydrogen) atoms. The first kappa shape index (κ1) is 17.3. The standard InChI is InChI=1S/C18H24N4O3/c1-4-15-13(3)22-12-14(6-7-16(22)19-15)17(23)20-8-10-21(11-9-20)18(24)25-5-2/h6-7,12H,4-5,8-11H2,1-3H3. The van der Waals surface area contributed by atoms with Crippen LogP contribution in [0.4, 0.5) is 4.79 Å². The van der Waals surface area contributed by atoms with E-state index >= 15 is 0 Å². The molecule has 0 spiro atoms. The van der Waals surface area contributed by atoms with Crippen molar-refractivity contribution in [2.45, 2.75) is 27.2 Å². The second-order valence-electron chi connectivity index (χ2n) is 6.12. The van der Waals surface area contributed by atoms with E-state index in [0.717, 1.165) is 23.5 Å². The Morgan fingerprint density at radius 3 is 2.44 bits per heavy atom. The zero-order valence-electron chi connectivity index (χ0n) is 15.0. The summed E-state index contributed by atoms with van der Waals surface area (Å²) in [7, 11) is 0. The summed E-state index contributed by atoms with van der Waals surface area (Å²) < 4.78 is 6.98. The van der Waals surface area contributed by atoms with Gasteiger partial charge in [-0.05, 0) is 32.4 Å². The molecule has 2 aromatic heterocycles. The molecule has 0 aliphatic carbocycles. The van der Waals surface area contributed by atoms with Gasteiger partial charge in [-0.15, -0.1) is 0 Å². The highest BCUT2D eigenvalue weighted by Gasteiger charge is 2.25. The molecule has 1 aliphatic rings. The van der Waals surface area contributed by atoms with Crippen LogP contribution in [0.15, 0.2) is 18.3 Å². The summed E-state index contributed by atoms with van der Waals surface area (Å²) in [5, 5.41) is 0. The number of imidazole rings is 1. The number of rotatable bonds is 3. The molecular formula is C18H24N4O3. The normalized spacial score (nSPS) is 14.8. The Kier molecular flexibility index (Phi) is 4.92. The van der Waals surface area contributed by atoms with E-state index in [-0.39, 0.29) is 12.0 Å². The molecule has 1 aliphatic heterocycles. The monoisotopic (exact) mass is 344 g/mol. The molecule has 1 saturated heterocycles. The van der Waals surface area contributed by atoms with Crippen LogP contribution < -0.4 is 0 Å².